The monoisotopic (exact) mass is 202 g/mol. The Balaban J connectivity index is 4.14. The molecule has 5 heteroatoms. The van der Waals surface area contributed by atoms with Crippen molar-refractivity contribution in [2.45, 2.75) is 33.7 Å². The fourth-order valence-electron chi connectivity index (χ4n) is 0.909. The number of ether oxygens (including phenoxy) is 1. The van der Waals surface area contributed by atoms with Gasteiger partial charge in [-0.2, -0.15) is 0 Å². The molecule has 1 atom stereocenters. The van der Waals surface area contributed by atoms with Gasteiger partial charge in [0.1, 0.15) is 6.04 Å². The van der Waals surface area contributed by atoms with Crippen molar-refractivity contribution in [3.8, 4) is 0 Å². The van der Waals surface area contributed by atoms with Crippen LogP contribution in [-0.2, 0) is 14.3 Å². The molecule has 5 nitrogen and oxygen atoms in total. The molecule has 0 spiro atoms. The van der Waals surface area contributed by atoms with E-state index in [0.29, 0.717) is 6.61 Å². The number of esters is 1. The molecule has 82 valence electrons. The Kier molecular flexibility index (Phi) is 5.87. The van der Waals surface area contributed by atoms with Crippen molar-refractivity contribution in [2.75, 3.05) is 6.61 Å². The highest BCUT2D eigenvalue weighted by Gasteiger charge is 2.23. The zero-order valence-electron chi connectivity index (χ0n) is 9.09. The van der Waals surface area contributed by atoms with Crippen LogP contribution in [0.3, 0.4) is 0 Å². The topological polar surface area (TPSA) is 67.4 Å². The fraction of sp³-hybridized carbons (Fsp3) is 0.778. The van der Waals surface area contributed by atoms with E-state index < -0.39 is 6.04 Å². The van der Waals surface area contributed by atoms with Gasteiger partial charge in [0.05, 0.1) is 6.61 Å². The summed E-state index contributed by atoms with van der Waals surface area (Å²) in [7, 11) is 0. The van der Waals surface area contributed by atoms with Crippen LogP contribution >= 0.6 is 0 Å². The smallest absolute Gasteiger partial charge is 0.325 e. The lowest BCUT2D eigenvalue weighted by Crippen LogP contribution is -2.50. The Labute approximate surface area is 84.2 Å². The molecule has 0 aromatic rings. The first kappa shape index (κ1) is 12.9. The van der Waals surface area contributed by atoms with Crippen LogP contribution in [0.4, 0.5) is 0 Å². The Morgan fingerprint density at radius 1 is 1.36 bits per heavy atom. The van der Waals surface area contributed by atoms with Gasteiger partial charge in [-0.3, -0.25) is 15.0 Å². The Morgan fingerprint density at radius 2 is 1.93 bits per heavy atom. The summed E-state index contributed by atoms with van der Waals surface area (Å²) in [6, 6.07) is -0.501. The summed E-state index contributed by atoms with van der Waals surface area (Å²) in [6.07, 6.45) is 0. The molecule has 0 aromatic carbocycles. The van der Waals surface area contributed by atoms with Crippen LogP contribution in [0.5, 0.6) is 0 Å². The van der Waals surface area contributed by atoms with Gasteiger partial charge in [-0.25, -0.2) is 5.43 Å². The highest BCUT2D eigenvalue weighted by Crippen LogP contribution is 2.02. The molecule has 0 rings (SSSR count). The third-order valence-electron chi connectivity index (χ3n) is 1.61. The third kappa shape index (κ3) is 4.81. The Bertz CT molecular complexity index is 204. The van der Waals surface area contributed by atoms with Crippen LogP contribution in [0.1, 0.15) is 27.7 Å². The molecule has 0 bridgehead atoms. The Morgan fingerprint density at radius 3 is 2.29 bits per heavy atom. The molecule has 0 saturated carbocycles. The Hall–Kier alpha value is -1.10. The van der Waals surface area contributed by atoms with Gasteiger partial charge in [-0.1, -0.05) is 13.8 Å². The second-order valence-corrected chi connectivity index (χ2v) is 3.30. The first-order valence-electron chi connectivity index (χ1n) is 4.67. The highest BCUT2D eigenvalue weighted by molar-refractivity contribution is 5.77. The van der Waals surface area contributed by atoms with E-state index in [2.05, 4.69) is 10.9 Å². The minimum absolute atomic E-state index is 0.0564. The summed E-state index contributed by atoms with van der Waals surface area (Å²) >= 11 is 0. The van der Waals surface area contributed by atoms with Crippen molar-refractivity contribution in [1.29, 1.82) is 0 Å². The number of nitrogens with one attached hydrogen (secondary N) is 2. The normalized spacial score (nSPS) is 12.4. The van der Waals surface area contributed by atoms with Crippen LogP contribution < -0.4 is 10.9 Å². The van der Waals surface area contributed by atoms with Crippen molar-refractivity contribution in [3.63, 3.8) is 0 Å². The molecule has 0 aromatic heterocycles. The first-order valence-corrected chi connectivity index (χ1v) is 4.67. The van der Waals surface area contributed by atoms with Crippen LogP contribution in [0.2, 0.25) is 0 Å². The molecule has 0 fully saturated rings. The van der Waals surface area contributed by atoms with Gasteiger partial charge in [-0.05, 0) is 12.8 Å². The highest BCUT2D eigenvalue weighted by atomic mass is 16.5. The number of rotatable bonds is 5. The molecule has 0 aliphatic carbocycles. The van der Waals surface area contributed by atoms with Crippen LogP contribution in [0, 0.1) is 5.92 Å². The molecular weight excluding hydrogens is 184 g/mol. The second kappa shape index (κ2) is 6.37. The standard InChI is InChI=1S/C9H18N2O3/c1-5-14-9(13)8(6(2)3)11-10-7(4)12/h6,8,11H,5H2,1-4H3,(H,10,12)/t8-/m0/s1. The lowest BCUT2D eigenvalue weighted by atomic mass is 10.1. The summed E-state index contributed by atoms with van der Waals surface area (Å²) in [5, 5.41) is 0. The summed E-state index contributed by atoms with van der Waals surface area (Å²) in [6.45, 7) is 7.19. The van der Waals surface area contributed by atoms with Crippen molar-refractivity contribution < 1.29 is 14.3 Å². The molecule has 0 radical (unpaired) electrons. The van der Waals surface area contributed by atoms with E-state index in [1.165, 1.54) is 6.92 Å². The molecule has 0 unspecified atom stereocenters. The summed E-state index contributed by atoms with van der Waals surface area (Å²) in [5.74, 6) is -0.530. The quantitative estimate of drug-likeness (QED) is 0.494. The van der Waals surface area contributed by atoms with Crippen molar-refractivity contribution in [3.05, 3.63) is 0 Å². The maximum atomic E-state index is 11.4. The van der Waals surface area contributed by atoms with E-state index in [4.69, 9.17) is 4.74 Å². The number of hydrazine groups is 1. The zero-order chi connectivity index (χ0) is 11.1. The van der Waals surface area contributed by atoms with Crippen molar-refractivity contribution >= 4 is 11.9 Å². The fourth-order valence-corrected chi connectivity index (χ4v) is 0.909. The van der Waals surface area contributed by atoms with Gasteiger partial charge in [0.15, 0.2) is 0 Å². The molecule has 2 N–H and O–H groups in total. The van der Waals surface area contributed by atoms with Crippen LogP contribution in [0.15, 0.2) is 0 Å². The van der Waals surface area contributed by atoms with E-state index in [-0.39, 0.29) is 17.8 Å². The first-order chi connectivity index (χ1) is 6.49. The number of carbonyl (C=O) groups is 2. The van der Waals surface area contributed by atoms with E-state index in [9.17, 15) is 9.59 Å². The predicted molar refractivity (Wildman–Crippen MR) is 52.2 cm³/mol. The lowest BCUT2D eigenvalue weighted by Gasteiger charge is -2.20. The van der Waals surface area contributed by atoms with Crippen molar-refractivity contribution in [1.82, 2.24) is 10.9 Å². The van der Waals surface area contributed by atoms with Crippen LogP contribution in [-0.4, -0.2) is 24.5 Å². The molecule has 0 aliphatic rings. The molecular formula is C9H18N2O3. The molecule has 1 amide bonds. The van der Waals surface area contributed by atoms with Gasteiger partial charge in [-0.15, -0.1) is 0 Å². The molecule has 0 saturated heterocycles. The van der Waals surface area contributed by atoms with Gasteiger partial charge in [0.25, 0.3) is 0 Å². The number of amides is 1. The minimum atomic E-state index is -0.501. The largest absolute Gasteiger partial charge is 0.465 e. The second-order valence-electron chi connectivity index (χ2n) is 3.30. The van der Waals surface area contributed by atoms with Crippen molar-refractivity contribution in [2.24, 2.45) is 5.92 Å². The minimum Gasteiger partial charge on any atom is -0.465 e. The van der Waals surface area contributed by atoms with Gasteiger partial charge in [0.2, 0.25) is 5.91 Å². The average Bonchev–Trinajstić information content (AvgIpc) is 2.03. The molecule has 0 heterocycles. The van der Waals surface area contributed by atoms with E-state index in [1.807, 2.05) is 13.8 Å². The average molecular weight is 202 g/mol. The summed E-state index contributed by atoms with van der Waals surface area (Å²) in [5.41, 5.74) is 5.01. The van der Waals surface area contributed by atoms with Gasteiger partial charge < -0.3 is 4.74 Å². The SMILES string of the molecule is CCOC(=O)[C@@H](NNC(C)=O)C(C)C. The van der Waals surface area contributed by atoms with Gasteiger partial charge in [0, 0.05) is 6.92 Å². The zero-order valence-corrected chi connectivity index (χ0v) is 9.09. The number of carbonyl (C=O) groups excluding carboxylic acids is 2. The summed E-state index contributed by atoms with van der Waals surface area (Å²) < 4.78 is 4.84. The van der Waals surface area contributed by atoms with E-state index in [1.54, 1.807) is 6.92 Å². The predicted octanol–water partition coefficient (Wildman–Crippen LogP) is 0.215. The van der Waals surface area contributed by atoms with Crippen LogP contribution in [0.25, 0.3) is 0 Å². The maximum absolute atomic E-state index is 11.4. The number of hydrogen-bond acceptors (Lipinski definition) is 4. The maximum Gasteiger partial charge on any atom is 0.325 e. The molecule has 0 aliphatic heterocycles. The lowest BCUT2D eigenvalue weighted by molar-refractivity contribution is -0.147. The van der Waals surface area contributed by atoms with E-state index in [0.717, 1.165) is 0 Å². The van der Waals surface area contributed by atoms with E-state index >= 15 is 0 Å². The molecule has 14 heavy (non-hydrogen) atoms. The summed E-state index contributed by atoms with van der Waals surface area (Å²) in [4.78, 5) is 22.0. The van der Waals surface area contributed by atoms with Gasteiger partial charge >= 0.3 is 5.97 Å². The number of hydrogen-bond donors (Lipinski definition) is 2. The third-order valence-corrected chi connectivity index (χ3v) is 1.61.